The van der Waals surface area contributed by atoms with Crippen LogP contribution < -0.4 is 0 Å². The maximum Gasteiger partial charge on any atom is 0.314 e. The lowest BCUT2D eigenvalue weighted by molar-refractivity contribution is -0.145. The van der Waals surface area contributed by atoms with Crippen LogP contribution in [0.1, 0.15) is 32.3 Å². The van der Waals surface area contributed by atoms with E-state index >= 15 is 0 Å². The van der Waals surface area contributed by atoms with Crippen molar-refractivity contribution in [2.75, 3.05) is 6.61 Å². The lowest BCUT2D eigenvalue weighted by atomic mass is 9.72. The van der Waals surface area contributed by atoms with Gasteiger partial charge in [-0.15, -0.1) is 0 Å². The summed E-state index contributed by atoms with van der Waals surface area (Å²) in [7, 11) is 0. The normalized spacial score (nSPS) is 16.2. The van der Waals surface area contributed by atoms with Crippen LogP contribution in [0.15, 0.2) is 30.3 Å². The first-order valence-electron chi connectivity index (χ1n) is 5.96. The Morgan fingerprint density at radius 1 is 1.35 bits per heavy atom. The summed E-state index contributed by atoms with van der Waals surface area (Å²) in [5, 5.41) is 18.7. The van der Waals surface area contributed by atoms with E-state index in [9.17, 15) is 9.90 Å². The highest BCUT2D eigenvalue weighted by molar-refractivity contribution is 5.81. The van der Waals surface area contributed by atoms with Crippen molar-refractivity contribution in [1.82, 2.24) is 0 Å². The van der Waals surface area contributed by atoms with Crippen LogP contribution in [0.5, 0.6) is 0 Å². The fraction of sp³-hybridized carbons (Fsp3) is 0.500. The molecule has 0 spiro atoms. The molecule has 3 heteroatoms. The molecule has 0 aliphatic rings. The average Bonchev–Trinajstić information content (AvgIpc) is 2.36. The van der Waals surface area contributed by atoms with Crippen LogP contribution in [0, 0.1) is 5.92 Å². The molecule has 0 saturated heterocycles. The van der Waals surface area contributed by atoms with Gasteiger partial charge in [0.2, 0.25) is 0 Å². The quantitative estimate of drug-likeness (QED) is 0.797. The Balaban J connectivity index is 3.14. The highest BCUT2D eigenvalue weighted by Gasteiger charge is 2.39. The van der Waals surface area contributed by atoms with E-state index in [-0.39, 0.29) is 12.5 Å². The highest BCUT2D eigenvalue weighted by atomic mass is 16.4. The molecule has 0 aliphatic carbocycles. The molecule has 0 saturated carbocycles. The van der Waals surface area contributed by atoms with Gasteiger partial charge in [-0.3, -0.25) is 4.79 Å². The largest absolute Gasteiger partial charge is 0.481 e. The summed E-state index contributed by atoms with van der Waals surface area (Å²) in [5.74, 6) is -0.835. The average molecular weight is 236 g/mol. The van der Waals surface area contributed by atoms with Crippen molar-refractivity contribution < 1.29 is 15.0 Å². The second-order valence-electron chi connectivity index (χ2n) is 4.60. The monoisotopic (exact) mass is 236 g/mol. The van der Waals surface area contributed by atoms with Gasteiger partial charge in [0.15, 0.2) is 0 Å². The number of rotatable bonds is 6. The second kappa shape index (κ2) is 5.82. The molecule has 94 valence electrons. The minimum atomic E-state index is -0.886. The van der Waals surface area contributed by atoms with Gasteiger partial charge in [0.05, 0.1) is 5.41 Å². The molecule has 1 aromatic rings. The molecule has 2 unspecified atom stereocenters. The van der Waals surface area contributed by atoms with Crippen LogP contribution in [-0.2, 0) is 10.2 Å². The summed E-state index contributed by atoms with van der Waals surface area (Å²) in [5.41, 5.74) is -0.0704. The fourth-order valence-electron chi connectivity index (χ4n) is 2.24. The lowest BCUT2D eigenvalue weighted by Crippen LogP contribution is -2.37. The van der Waals surface area contributed by atoms with Crippen molar-refractivity contribution in [2.24, 2.45) is 5.92 Å². The zero-order chi connectivity index (χ0) is 12.9. The number of carboxylic acid groups (broad SMARTS) is 1. The van der Waals surface area contributed by atoms with Gasteiger partial charge in [0, 0.05) is 6.61 Å². The van der Waals surface area contributed by atoms with Crippen molar-refractivity contribution in [3.8, 4) is 0 Å². The third-order valence-corrected chi connectivity index (χ3v) is 3.35. The van der Waals surface area contributed by atoms with E-state index in [1.165, 1.54) is 0 Å². The van der Waals surface area contributed by atoms with Gasteiger partial charge >= 0.3 is 5.97 Å². The Labute approximate surface area is 102 Å². The Morgan fingerprint density at radius 3 is 2.35 bits per heavy atom. The van der Waals surface area contributed by atoms with E-state index in [0.717, 1.165) is 5.56 Å². The Bertz CT molecular complexity index is 361. The van der Waals surface area contributed by atoms with Crippen LogP contribution in [0.25, 0.3) is 0 Å². The van der Waals surface area contributed by atoms with Crippen LogP contribution in [0.2, 0.25) is 0 Å². The summed E-state index contributed by atoms with van der Waals surface area (Å²) in [6.45, 7) is 3.77. The standard InChI is InChI=1S/C14H20O3/c1-3-14(13(16)17,9-11(2)10-15)12-7-5-4-6-8-12/h4-8,11,15H,3,9-10H2,1-2H3,(H,16,17). The molecule has 17 heavy (non-hydrogen) atoms. The molecule has 2 atom stereocenters. The second-order valence-corrected chi connectivity index (χ2v) is 4.60. The topological polar surface area (TPSA) is 57.5 Å². The molecule has 0 heterocycles. The zero-order valence-corrected chi connectivity index (χ0v) is 10.4. The van der Waals surface area contributed by atoms with E-state index in [4.69, 9.17) is 5.11 Å². The van der Waals surface area contributed by atoms with Crippen molar-refractivity contribution in [3.63, 3.8) is 0 Å². The van der Waals surface area contributed by atoms with Crippen molar-refractivity contribution in [3.05, 3.63) is 35.9 Å². The number of carbonyl (C=O) groups is 1. The molecule has 2 N–H and O–H groups in total. The summed E-state index contributed by atoms with van der Waals surface area (Å²) >= 11 is 0. The lowest BCUT2D eigenvalue weighted by Gasteiger charge is -2.31. The molecule has 0 aliphatic heterocycles. The first-order valence-corrected chi connectivity index (χ1v) is 5.96. The van der Waals surface area contributed by atoms with Gasteiger partial charge in [-0.1, -0.05) is 44.2 Å². The number of benzene rings is 1. The molecular weight excluding hydrogens is 216 g/mol. The molecule has 3 nitrogen and oxygen atoms in total. The third kappa shape index (κ3) is 2.86. The van der Waals surface area contributed by atoms with Gasteiger partial charge < -0.3 is 10.2 Å². The van der Waals surface area contributed by atoms with Crippen LogP contribution in [0.3, 0.4) is 0 Å². The molecule has 0 radical (unpaired) electrons. The van der Waals surface area contributed by atoms with E-state index < -0.39 is 11.4 Å². The fourth-order valence-corrected chi connectivity index (χ4v) is 2.24. The minimum absolute atomic E-state index is 0.0157. The molecule has 1 aromatic carbocycles. The number of aliphatic hydroxyl groups excluding tert-OH is 1. The van der Waals surface area contributed by atoms with Gasteiger partial charge in [0.25, 0.3) is 0 Å². The Hall–Kier alpha value is -1.35. The molecule has 0 bridgehead atoms. The first kappa shape index (κ1) is 13.7. The highest BCUT2D eigenvalue weighted by Crippen LogP contribution is 2.35. The van der Waals surface area contributed by atoms with E-state index in [1.54, 1.807) is 0 Å². The molecular formula is C14H20O3. The Morgan fingerprint density at radius 2 is 1.94 bits per heavy atom. The number of aliphatic carboxylic acids is 1. The smallest absolute Gasteiger partial charge is 0.314 e. The summed E-state index contributed by atoms with van der Waals surface area (Å²) in [4.78, 5) is 11.6. The van der Waals surface area contributed by atoms with Gasteiger partial charge in [-0.05, 0) is 24.3 Å². The first-order chi connectivity index (χ1) is 8.06. The number of hydrogen-bond donors (Lipinski definition) is 2. The van der Waals surface area contributed by atoms with Crippen LogP contribution in [-0.4, -0.2) is 22.8 Å². The predicted octanol–water partition coefficient (Wildman–Crippen LogP) is 2.44. The zero-order valence-electron chi connectivity index (χ0n) is 10.4. The number of hydrogen-bond acceptors (Lipinski definition) is 2. The molecule has 1 rings (SSSR count). The van der Waals surface area contributed by atoms with Crippen molar-refractivity contribution in [1.29, 1.82) is 0 Å². The maximum atomic E-state index is 11.6. The summed E-state index contributed by atoms with van der Waals surface area (Å²) in [6.07, 6.45) is 0.982. The van der Waals surface area contributed by atoms with E-state index in [1.807, 2.05) is 44.2 Å². The minimum Gasteiger partial charge on any atom is -0.481 e. The van der Waals surface area contributed by atoms with E-state index in [0.29, 0.717) is 12.8 Å². The molecule has 0 aromatic heterocycles. The van der Waals surface area contributed by atoms with Crippen molar-refractivity contribution >= 4 is 5.97 Å². The summed E-state index contributed by atoms with van der Waals surface area (Å²) < 4.78 is 0. The predicted molar refractivity (Wildman–Crippen MR) is 66.9 cm³/mol. The Kier molecular flexibility index (Phi) is 4.70. The molecule has 0 amide bonds. The van der Waals surface area contributed by atoms with Gasteiger partial charge in [-0.2, -0.15) is 0 Å². The number of carboxylic acids is 1. The third-order valence-electron chi connectivity index (χ3n) is 3.35. The van der Waals surface area contributed by atoms with Crippen LogP contribution in [0.4, 0.5) is 0 Å². The maximum absolute atomic E-state index is 11.6. The van der Waals surface area contributed by atoms with Gasteiger partial charge in [-0.25, -0.2) is 0 Å². The summed E-state index contributed by atoms with van der Waals surface area (Å²) in [6, 6.07) is 9.28. The van der Waals surface area contributed by atoms with Gasteiger partial charge in [0.1, 0.15) is 0 Å². The number of aliphatic hydroxyl groups is 1. The SMILES string of the molecule is CCC(CC(C)CO)(C(=O)O)c1ccccc1. The van der Waals surface area contributed by atoms with E-state index in [2.05, 4.69) is 0 Å². The van der Waals surface area contributed by atoms with Crippen LogP contribution >= 0.6 is 0 Å². The molecule has 0 fully saturated rings. The van der Waals surface area contributed by atoms with Crippen molar-refractivity contribution in [2.45, 2.75) is 32.1 Å².